The fraction of sp³-hybridized carbons (Fsp3) is 0.385. The molecule has 0 aromatic heterocycles. The largest absolute Gasteiger partial charge is 0.469 e. The highest BCUT2D eigenvalue weighted by Crippen LogP contribution is 2.20. The number of halogens is 1. The summed E-state index contributed by atoms with van der Waals surface area (Å²) in [6, 6.07) is 6.48. The quantitative estimate of drug-likeness (QED) is 0.797. The molecule has 1 amide bonds. The Bertz CT molecular complexity index is 629. The lowest BCUT2D eigenvalue weighted by Gasteiger charge is -2.10. The Hall–Kier alpha value is -1.60. The molecular weight excluding hydrogens is 318 g/mol. The van der Waals surface area contributed by atoms with Gasteiger partial charge in [0.2, 0.25) is 5.91 Å². The number of sulfone groups is 1. The van der Waals surface area contributed by atoms with E-state index in [9.17, 15) is 18.0 Å². The summed E-state index contributed by atoms with van der Waals surface area (Å²) in [7, 11) is -2.55. The molecule has 6 nitrogen and oxygen atoms in total. The highest BCUT2D eigenvalue weighted by atomic mass is 35.5. The number of carbonyl (C=O) groups excluding carboxylic acids is 2. The van der Waals surface area contributed by atoms with Gasteiger partial charge in [-0.3, -0.25) is 9.59 Å². The van der Waals surface area contributed by atoms with Crippen LogP contribution in [-0.2, 0) is 24.2 Å². The smallest absolute Gasteiger partial charge is 0.309 e. The number of hydrogen-bond acceptors (Lipinski definition) is 5. The zero-order chi connectivity index (χ0) is 16.0. The van der Waals surface area contributed by atoms with Gasteiger partial charge in [-0.25, -0.2) is 8.42 Å². The van der Waals surface area contributed by atoms with Gasteiger partial charge in [-0.15, -0.1) is 0 Å². The monoisotopic (exact) mass is 333 g/mol. The van der Waals surface area contributed by atoms with E-state index in [4.69, 9.17) is 11.6 Å². The molecule has 0 radical (unpaired) electrons. The Morgan fingerprint density at radius 1 is 1.33 bits per heavy atom. The minimum absolute atomic E-state index is 0.311. The summed E-state index contributed by atoms with van der Waals surface area (Å²) in [6.45, 7) is 1.43. The van der Waals surface area contributed by atoms with Crippen LogP contribution in [0.2, 0.25) is 5.02 Å². The maximum atomic E-state index is 11.8. The van der Waals surface area contributed by atoms with E-state index in [1.807, 2.05) is 0 Å². The third-order valence-corrected chi connectivity index (χ3v) is 4.65. The predicted octanol–water partition coefficient (Wildman–Crippen LogP) is 1.50. The Morgan fingerprint density at radius 3 is 2.52 bits per heavy atom. The van der Waals surface area contributed by atoms with Crippen LogP contribution in [-0.4, -0.2) is 38.9 Å². The fourth-order valence-electron chi connectivity index (χ4n) is 1.66. The van der Waals surface area contributed by atoms with Crippen LogP contribution in [0.3, 0.4) is 0 Å². The Morgan fingerprint density at radius 2 is 1.95 bits per heavy atom. The number of anilines is 1. The predicted molar refractivity (Wildman–Crippen MR) is 79.9 cm³/mol. The van der Waals surface area contributed by atoms with Crippen molar-refractivity contribution in [1.29, 1.82) is 0 Å². The lowest BCUT2D eigenvalue weighted by molar-refractivity contribution is -0.144. The molecule has 1 rings (SSSR count). The van der Waals surface area contributed by atoms with E-state index in [-0.39, 0.29) is 0 Å². The second-order valence-corrected chi connectivity index (χ2v) is 7.02. The van der Waals surface area contributed by atoms with E-state index in [0.717, 1.165) is 0 Å². The van der Waals surface area contributed by atoms with Crippen molar-refractivity contribution in [1.82, 2.24) is 0 Å². The minimum atomic E-state index is -3.72. The number of para-hydroxylation sites is 1. The summed E-state index contributed by atoms with van der Waals surface area (Å²) < 4.78 is 28.1. The summed E-state index contributed by atoms with van der Waals surface area (Å²) in [6.07, 6.45) is 0. The SMILES string of the molecule is COC(=O)C(C)CS(=O)(=O)CC(=O)Nc1ccccc1Cl. The lowest BCUT2D eigenvalue weighted by Crippen LogP contribution is -2.29. The van der Waals surface area contributed by atoms with Crippen molar-refractivity contribution in [2.45, 2.75) is 6.92 Å². The number of nitrogens with one attached hydrogen (secondary N) is 1. The summed E-state index contributed by atoms with van der Waals surface area (Å²) in [4.78, 5) is 22.9. The molecule has 21 heavy (non-hydrogen) atoms. The van der Waals surface area contributed by atoms with Crippen molar-refractivity contribution in [2.24, 2.45) is 5.92 Å². The molecule has 1 aromatic carbocycles. The van der Waals surface area contributed by atoms with Crippen LogP contribution in [0.4, 0.5) is 5.69 Å². The molecule has 1 N–H and O–H groups in total. The molecule has 1 atom stereocenters. The van der Waals surface area contributed by atoms with Crippen molar-refractivity contribution in [3.63, 3.8) is 0 Å². The van der Waals surface area contributed by atoms with Crippen LogP contribution in [0.25, 0.3) is 0 Å². The van der Waals surface area contributed by atoms with Crippen molar-refractivity contribution < 1.29 is 22.7 Å². The van der Waals surface area contributed by atoms with Gasteiger partial charge in [-0.1, -0.05) is 30.7 Å². The first-order valence-corrected chi connectivity index (χ1v) is 8.27. The van der Waals surface area contributed by atoms with Crippen LogP contribution < -0.4 is 5.32 Å². The van der Waals surface area contributed by atoms with Gasteiger partial charge in [0, 0.05) is 0 Å². The van der Waals surface area contributed by atoms with Crippen LogP contribution in [0, 0.1) is 5.92 Å². The van der Waals surface area contributed by atoms with Crippen LogP contribution in [0.15, 0.2) is 24.3 Å². The average molecular weight is 334 g/mol. The summed E-state index contributed by atoms with van der Waals surface area (Å²) >= 11 is 5.86. The molecule has 0 fully saturated rings. The average Bonchev–Trinajstić information content (AvgIpc) is 2.39. The van der Waals surface area contributed by atoms with Crippen LogP contribution in [0.5, 0.6) is 0 Å². The molecule has 116 valence electrons. The second-order valence-electron chi connectivity index (χ2n) is 4.51. The van der Waals surface area contributed by atoms with Gasteiger partial charge in [0.05, 0.1) is 29.5 Å². The number of methoxy groups -OCH3 is 1. The molecule has 0 aliphatic carbocycles. The molecule has 0 aliphatic rings. The van der Waals surface area contributed by atoms with E-state index in [1.54, 1.807) is 24.3 Å². The number of benzene rings is 1. The van der Waals surface area contributed by atoms with Gasteiger partial charge < -0.3 is 10.1 Å². The number of rotatable bonds is 6. The molecule has 8 heteroatoms. The number of hydrogen-bond donors (Lipinski definition) is 1. The standard InChI is InChI=1S/C13H16ClNO5S/c1-9(13(17)20-2)7-21(18,19)8-12(16)15-11-6-4-3-5-10(11)14/h3-6,9H,7-8H2,1-2H3,(H,15,16). The molecule has 0 bridgehead atoms. The van der Waals surface area contributed by atoms with Crippen LogP contribution >= 0.6 is 11.6 Å². The van der Waals surface area contributed by atoms with E-state index >= 15 is 0 Å². The van der Waals surface area contributed by atoms with Gasteiger partial charge in [0.1, 0.15) is 5.75 Å². The molecule has 0 saturated carbocycles. The topological polar surface area (TPSA) is 89.5 Å². The normalized spacial score (nSPS) is 12.5. The summed E-state index contributed by atoms with van der Waals surface area (Å²) in [5.74, 6) is -3.34. The van der Waals surface area contributed by atoms with Gasteiger partial charge in [0.25, 0.3) is 0 Å². The van der Waals surface area contributed by atoms with E-state index < -0.39 is 39.1 Å². The molecule has 1 aromatic rings. The first-order chi connectivity index (χ1) is 9.75. The third kappa shape index (κ3) is 5.73. The maximum absolute atomic E-state index is 11.8. The Balaban J connectivity index is 2.65. The zero-order valence-corrected chi connectivity index (χ0v) is 13.2. The summed E-state index contributed by atoms with van der Waals surface area (Å²) in [5, 5.41) is 2.73. The van der Waals surface area contributed by atoms with E-state index in [0.29, 0.717) is 10.7 Å². The minimum Gasteiger partial charge on any atom is -0.469 e. The van der Waals surface area contributed by atoms with E-state index in [1.165, 1.54) is 14.0 Å². The van der Waals surface area contributed by atoms with E-state index in [2.05, 4.69) is 10.1 Å². The van der Waals surface area contributed by atoms with Gasteiger partial charge in [0.15, 0.2) is 9.84 Å². The molecule has 0 aliphatic heterocycles. The van der Waals surface area contributed by atoms with Gasteiger partial charge in [-0.05, 0) is 12.1 Å². The van der Waals surface area contributed by atoms with Crippen molar-refractivity contribution in [3.8, 4) is 0 Å². The highest BCUT2D eigenvalue weighted by Gasteiger charge is 2.24. The highest BCUT2D eigenvalue weighted by molar-refractivity contribution is 7.92. The molecular formula is C13H16ClNO5S. The number of esters is 1. The number of amides is 1. The zero-order valence-electron chi connectivity index (χ0n) is 11.6. The number of carbonyl (C=O) groups is 2. The Kier molecular flexibility index (Phi) is 6.17. The fourth-order valence-corrected chi connectivity index (χ4v) is 3.33. The van der Waals surface area contributed by atoms with Crippen LogP contribution in [0.1, 0.15) is 6.92 Å². The Labute approximate surface area is 128 Å². The molecule has 0 saturated heterocycles. The third-order valence-electron chi connectivity index (χ3n) is 2.61. The van der Waals surface area contributed by atoms with Crippen molar-refractivity contribution >= 4 is 39.0 Å². The number of ether oxygens (including phenoxy) is 1. The molecule has 0 spiro atoms. The lowest BCUT2D eigenvalue weighted by atomic mass is 10.2. The molecule has 1 unspecified atom stereocenters. The molecule has 0 heterocycles. The van der Waals surface area contributed by atoms with Gasteiger partial charge in [-0.2, -0.15) is 0 Å². The first-order valence-electron chi connectivity index (χ1n) is 6.08. The summed E-state index contributed by atoms with van der Waals surface area (Å²) in [5.41, 5.74) is 0.334. The maximum Gasteiger partial charge on any atom is 0.309 e. The van der Waals surface area contributed by atoms with Crippen molar-refractivity contribution in [3.05, 3.63) is 29.3 Å². The second kappa shape index (κ2) is 7.42. The van der Waals surface area contributed by atoms with Gasteiger partial charge >= 0.3 is 5.97 Å². The first kappa shape index (κ1) is 17.5. The van der Waals surface area contributed by atoms with Crippen molar-refractivity contribution in [2.75, 3.05) is 23.9 Å².